The molecule has 0 radical (unpaired) electrons. The van der Waals surface area contributed by atoms with Crippen LogP contribution < -0.4 is 10.6 Å². The Morgan fingerprint density at radius 2 is 1.41 bits per heavy atom. The summed E-state index contributed by atoms with van der Waals surface area (Å²) in [5.74, 6) is -4.57. The molecular weight excluding hydrogens is 258 g/mol. The lowest BCUT2D eigenvalue weighted by Gasteiger charge is -2.16. The first-order valence-corrected chi connectivity index (χ1v) is 4.17. The van der Waals surface area contributed by atoms with Crippen LogP contribution in [0.15, 0.2) is 0 Å². The molecule has 0 aliphatic heterocycles. The summed E-state index contributed by atoms with van der Waals surface area (Å²) < 4.78 is 70.2. The fourth-order valence-corrected chi connectivity index (χ4v) is 0.703. The number of carbonyl (C=O) groups excluding carboxylic acids is 2. The van der Waals surface area contributed by atoms with E-state index in [1.807, 2.05) is 0 Å². The second kappa shape index (κ2) is 5.23. The van der Waals surface area contributed by atoms with E-state index in [2.05, 4.69) is 0 Å². The predicted molar refractivity (Wildman–Crippen MR) is 42.7 cm³/mol. The minimum Gasteiger partial charge on any atom is -0.346 e. The summed E-state index contributed by atoms with van der Waals surface area (Å²) in [6.07, 6.45) is -10.2. The molecule has 0 rings (SSSR count). The number of carbonyl (C=O) groups is 2. The minimum atomic E-state index is -5.12. The van der Waals surface area contributed by atoms with Gasteiger partial charge in [-0.15, -0.1) is 0 Å². The largest absolute Gasteiger partial charge is 0.471 e. The zero-order chi connectivity index (χ0) is 13.9. The molecule has 10 heteroatoms. The number of alkyl halides is 6. The van der Waals surface area contributed by atoms with E-state index in [0.717, 1.165) is 6.92 Å². The van der Waals surface area contributed by atoms with Gasteiger partial charge in [0.05, 0.1) is 0 Å². The van der Waals surface area contributed by atoms with Crippen molar-refractivity contribution in [3.05, 3.63) is 0 Å². The summed E-state index contributed by atoms with van der Waals surface area (Å²) in [6.45, 7) is 0.250. The van der Waals surface area contributed by atoms with Crippen LogP contribution in [0, 0.1) is 0 Å². The van der Waals surface area contributed by atoms with Gasteiger partial charge in [0, 0.05) is 12.6 Å². The van der Waals surface area contributed by atoms with Crippen LogP contribution in [0.5, 0.6) is 0 Å². The summed E-state index contributed by atoms with van der Waals surface area (Å²) >= 11 is 0. The van der Waals surface area contributed by atoms with Crippen LogP contribution in [0.25, 0.3) is 0 Å². The molecule has 2 N–H and O–H groups in total. The molecule has 17 heavy (non-hydrogen) atoms. The summed E-state index contributed by atoms with van der Waals surface area (Å²) in [7, 11) is 0. The topological polar surface area (TPSA) is 58.2 Å². The van der Waals surface area contributed by atoms with Crippen LogP contribution in [0.3, 0.4) is 0 Å². The average molecular weight is 266 g/mol. The van der Waals surface area contributed by atoms with Crippen molar-refractivity contribution in [2.75, 3.05) is 6.54 Å². The summed E-state index contributed by atoms with van der Waals surface area (Å²) in [5.41, 5.74) is 0. The Bertz CT molecular complexity index is 298. The highest BCUT2D eigenvalue weighted by atomic mass is 19.4. The van der Waals surface area contributed by atoms with Crippen LogP contribution in [-0.2, 0) is 9.59 Å². The van der Waals surface area contributed by atoms with Crippen molar-refractivity contribution in [3.63, 3.8) is 0 Å². The number of nitrogens with one attached hydrogen (secondary N) is 2. The summed E-state index contributed by atoms with van der Waals surface area (Å²) in [4.78, 5) is 20.6. The molecule has 2 amide bonds. The van der Waals surface area contributed by atoms with Crippen LogP contribution in [0.4, 0.5) is 26.3 Å². The third-order valence-electron chi connectivity index (χ3n) is 1.46. The molecule has 0 saturated carbocycles. The maximum absolute atomic E-state index is 11.7. The number of rotatable bonds is 3. The fraction of sp³-hybridized carbons (Fsp3) is 0.714. The number of hydrogen-bond acceptors (Lipinski definition) is 2. The van der Waals surface area contributed by atoms with Crippen LogP contribution in [0.1, 0.15) is 6.92 Å². The van der Waals surface area contributed by atoms with E-state index >= 15 is 0 Å². The monoisotopic (exact) mass is 266 g/mol. The zero-order valence-electron chi connectivity index (χ0n) is 8.37. The van der Waals surface area contributed by atoms with Crippen molar-refractivity contribution in [3.8, 4) is 0 Å². The molecular formula is C7H8F6N2O2. The van der Waals surface area contributed by atoms with Crippen LogP contribution >= 0.6 is 0 Å². The highest BCUT2D eigenvalue weighted by Gasteiger charge is 2.40. The molecule has 0 aromatic carbocycles. The Labute approximate surface area is 91.3 Å². The van der Waals surface area contributed by atoms with Gasteiger partial charge in [-0.2, -0.15) is 26.3 Å². The molecule has 0 fully saturated rings. The number of hydrogen-bond donors (Lipinski definition) is 2. The van der Waals surface area contributed by atoms with Gasteiger partial charge < -0.3 is 10.6 Å². The van der Waals surface area contributed by atoms with Crippen molar-refractivity contribution >= 4 is 11.8 Å². The Morgan fingerprint density at radius 1 is 1.00 bits per heavy atom. The second-order valence-corrected chi connectivity index (χ2v) is 3.08. The first kappa shape index (κ1) is 15.5. The van der Waals surface area contributed by atoms with E-state index in [1.165, 1.54) is 10.6 Å². The molecule has 0 bridgehead atoms. The Balaban J connectivity index is 4.10. The SMILES string of the molecule is CC(CNC(=O)C(F)(F)F)NC(=O)C(F)(F)F. The molecule has 0 aliphatic rings. The van der Waals surface area contributed by atoms with Crippen molar-refractivity contribution in [2.24, 2.45) is 0 Å². The molecule has 0 saturated heterocycles. The van der Waals surface area contributed by atoms with Gasteiger partial charge in [-0.3, -0.25) is 9.59 Å². The van der Waals surface area contributed by atoms with Gasteiger partial charge in [0.25, 0.3) is 0 Å². The molecule has 1 unspecified atom stereocenters. The van der Waals surface area contributed by atoms with E-state index in [9.17, 15) is 35.9 Å². The van der Waals surface area contributed by atoms with Crippen LogP contribution in [0.2, 0.25) is 0 Å². The molecule has 0 aromatic heterocycles. The van der Waals surface area contributed by atoms with Gasteiger partial charge in [-0.25, -0.2) is 0 Å². The maximum Gasteiger partial charge on any atom is 0.471 e. The standard InChI is InChI=1S/C7H8F6N2O2/c1-3(15-5(17)7(11,12)13)2-14-4(16)6(8,9)10/h3H,2H2,1H3,(H,14,16)(H,15,17). The number of halogens is 6. The molecule has 1 atom stereocenters. The second-order valence-electron chi connectivity index (χ2n) is 3.08. The lowest BCUT2D eigenvalue weighted by molar-refractivity contribution is -0.175. The number of amides is 2. The summed E-state index contributed by atoms with van der Waals surface area (Å²) in [6, 6.07) is -1.28. The molecule has 4 nitrogen and oxygen atoms in total. The lowest BCUT2D eigenvalue weighted by atomic mass is 10.3. The predicted octanol–water partition coefficient (Wildman–Crippen LogP) is 0.732. The quantitative estimate of drug-likeness (QED) is 0.740. The Morgan fingerprint density at radius 3 is 1.76 bits per heavy atom. The third-order valence-corrected chi connectivity index (χ3v) is 1.46. The van der Waals surface area contributed by atoms with E-state index in [4.69, 9.17) is 0 Å². The van der Waals surface area contributed by atoms with Crippen LogP contribution in [-0.4, -0.2) is 36.8 Å². The zero-order valence-corrected chi connectivity index (χ0v) is 8.37. The highest BCUT2D eigenvalue weighted by Crippen LogP contribution is 2.15. The molecule has 0 spiro atoms. The maximum atomic E-state index is 11.7. The van der Waals surface area contributed by atoms with Gasteiger partial charge in [-0.1, -0.05) is 0 Å². The van der Waals surface area contributed by atoms with Crippen molar-refractivity contribution in [2.45, 2.75) is 25.3 Å². The van der Waals surface area contributed by atoms with E-state index in [1.54, 1.807) is 0 Å². The van der Waals surface area contributed by atoms with E-state index < -0.39 is 36.8 Å². The fourth-order valence-electron chi connectivity index (χ4n) is 0.703. The first-order valence-electron chi connectivity index (χ1n) is 4.17. The third kappa shape index (κ3) is 5.97. The minimum absolute atomic E-state index is 0.764. The smallest absolute Gasteiger partial charge is 0.346 e. The van der Waals surface area contributed by atoms with Gasteiger partial charge in [-0.05, 0) is 6.92 Å². The van der Waals surface area contributed by atoms with E-state index in [-0.39, 0.29) is 0 Å². The Hall–Kier alpha value is -1.48. The normalized spacial score (nSPS) is 14.1. The first-order chi connectivity index (χ1) is 7.44. The van der Waals surface area contributed by atoms with E-state index in [0.29, 0.717) is 0 Å². The molecule has 100 valence electrons. The van der Waals surface area contributed by atoms with Gasteiger partial charge >= 0.3 is 24.2 Å². The Kier molecular flexibility index (Phi) is 4.78. The molecule has 0 aliphatic carbocycles. The van der Waals surface area contributed by atoms with Gasteiger partial charge in [0.1, 0.15) is 0 Å². The molecule has 0 heterocycles. The molecule has 0 aromatic rings. The van der Waals surface area contributed by atoms with Crippen molar-refractivity contribution < 1.29 is 35.9 Å². The highest BCUT2D eigenvalue weighted by molar-refractivity contribution is 5.83. The van der Waals surface area contributed by atoms with Gasteiger partial charge in [0.15, 0.2) is 0 Å². The van der Waals surface area contributed by atoms with Crippen molar-refractivity contribution in [1.29, 1.82) is 0 Å². The summed E-state index contributed by atoms with van der Waals surface area (Å²) in [5, 5.41) is 2.71. The van der Waals surface area contributed by atoms with Gasteiger partial charge in [0.2, 0.25) is 0 Å². The lowest BCUT2D eigenvalue weighted by Crippen LogP contribution is -2.48. The average Bonchev–Trinajstić information content (AvgIpc) is 2.10. The van der Waals surface area contributed by atoms with Crippen molar-refractivity contribution in [1.82, 2.24) is 10.6 Å².